The molecule has 0 fully saturated rings. The summed E-state index contributed by atoms with van der Waals surface area (Å²) in [7, 11) is 0. The van der Waals surface area contributed by atoms with Gasteiger partial charge in [0.2, 0.25) is 5.91 Å². The molecule has 0 bridgehead atoms. The number of anilines is 1. The van der Waals surface area contributed by atoms with Crippen LogP contribution in [0.5, 0.6) is 0 Å². The second-order valence-electron chi connectivity index (χ2n) is 5.58. The second-order valence-corrected chi connectivity index (χ2v) is 5.58. The molecule has 0 spiro atoms. The molecule has 0 saturated carbocycles. The lowest BCUT2D eigenvalue weighted by Crippen LogP contribution is -2.44. The van der Waals surface area contributed by atoms with Gasteiger partial charge in [0.05, 0.1) is 11.5 Å². The van der Waals surface area contributed by atoms with E-state index in [0.717, 1.165) is 5.56 Å². The van der Waals surface area contributed by atoms with Gasteiger partial charge >= 0.3 is 5.97 Å². The van der Waals surface area contributed by atoms with E-state index < -0.39 is 22.7 Å². The first-order valence-corrected chi connectivity index (χ1v) is 7.33. The summed E-state index contributed by atoms with van der Waals surface area (Å²) in [6, 6.07) is 13.3. The topological polar surface area (TPSA) is 101 Å². The van der Waals surface area contributed by atoms with Gasteiger partial charge < -0.3 is 10.0 Å². The van der Waals surface area contributed by atoms with Gasteiger partial charge in [-0.2, -0.15) is 0 Å². The maximum Gasteiger partial charge on any atom is 0.316 e. The molecular formula is C17H14N2O5. The number of carbonyl (C=O) groups excluding carboxylic acids is 1. The number of carboxylic acid groups (broad SMARTS) is 1. The Hall–Kier alpha value is -3.22. The summed E-state index contributed by atoms with van der Waals surface area (Å²) in [6.45, 7) is 0.217. The van der Waals surface area contributed by atoms with Crippen molar-refractivity contribution in [2.45, 2.75) is 13.0 Å². The van der Waals surface area contributed by atoms with Crippen LogP contribution in [-0.2, 0) is 22.6 Å². The molecule has 1 N–H and O–H groups in total. The molecule has 2 aromatic rings. The number of nitro groups is 1. The highest BCUT2D eigenvalue weighted by atomic mass is 16.6. The average molecular weight is 326 g/mol. The van der Waals surface area contributed by atoms with Crippen molar-refractivity contribution >= 4 is 23.3 Å². The normalized spacial score (nSPS) is 16.6. The smallest absolute Gasteiger partial charge is 0.316 e. The first-order chi connectivity index (χ1) is 11.5. The van der Waals surface area contributed by atoms with Gasteiger partial charge in [-0.25, -0.2) is 0 Å². The third kappa shape index (κ3) is 2.83. The van der Waals surface area contributed by atoms with Gasteiger partial charge in [-0.15, -0.1) is 0 Å². The Morgan fingerprint density at radius 2 is 1.96 bits per heavy atom. The number of benzene rings is 2. The van der Waals surface area contributed by atoms with Crippen LogP contribution < -0.4 is 4.90 Å². The Balaban J connectivity index is 2.05. The Morgan fingerprint density at radius 1 is 1.25 bits per heavy atom. The highest BCUT2D eigenvalue weighted by Crippen LogP contribution is 2.34. The molecule has 0 aliphatic carbocycles. The van der Waals surface area contributed by atoms with Crippen LogP contribution in [0.15, 0.2) is 48.5 Å². The number of amides is 1. The summed E-state index contributed by atoms with van der Waals surface area (Å²) in [5.74, 6) is -2.97. The Labute approximate surface area is 137 Å². The molecule has 122 valence electrons. The van der Waals surface area contributed by atoms with E-state index >= 15 is 0 Å². The van der Waals surface area contributed by atoms with Crippen LogP contribution in [0, 0.1) is 16.0 Å². The molecule has 7 nitrogen and oxygen atoms in total. The van der Waals surface area contributed by atoms with E-state index in [0.29, 0.717) is 11.3 Å². The van der Waals surface area contributed by atoms with Crippen molar-refractivity contribution in [3.8, 4) is 0 Å². The highest BCUT2D eigenvalue weighted by molar-refractivity contribution is 6.08. The van der Waals surface area contributed by atoms with Gasteiger partial charge in [0.25, 0.3) is 5.69 Å². The summed E-state index contributed by atoms with van der Waals surface area (Å²) in [4.78, 5) is 35.8. The third-order valence-electron chi connectivity index (χ3n) is 4.03. The molecule has 3 rings (SSSR count). The monoisotopic (exact) mass is 326 g/mol. The molecule has 1 heterocycles. The van der Waals surface area contributed by atoms with Gasteiger partial charge in [-0.1, -0.05) is 30.3 Å². The number of hydrogen-bond acceptors (Lipinski definition) is 4. The largest absolute Gasteiger partial charge is 0.481 e. The minimum absolute atomic E-state index is 0.0452. The van der Waals surface area contributed by atoms with Crippen molar-refractivity contribution < 1.29 is 19.6 Å². The fraction of sp³-hybridized carbons (Fsp3) is 0.176. The molecule has 0 saturated heterocycles. The quantitative estimate of drug-likeness (QED) is 0.528. The van der Waals surface area contributed by atoms with Gasteiger partial charge in [0.1, 0.15) is 5.92 Å². The summed E-state index contributed by atoms with van der Waals surface area (Å²) in [6.07, 6.45) is -0.0452. The van der Waals surface area contributed by atoms with Crippen molar-refractivity contribution in [3.63, 3.8) is 0 Å². The number of fused-ring (bicyclic) bond motifs is 1. The molecule has 2 aromatic carbocycles. The fourth-order valence-corrected chi connectivity index (χ4v) is 2.85. The number of rotatable bonds is 4. The van der Waals surface area contributed by atoms with Gasteiger partial charge in [0, 0.05) is 17.8 Å². The van der Waals surface area contributed by atoms with Crippen molar-refractivity contribution in [2.24, 2.45) is 5.92 Å². The first kappa shape index (κ1) is 15.7. The lowest BCUT2D eigenvalue weighted by molar-refractivity contribution is -0.384. The van der Waals surface area contributed by atoms with Crippen molar-refractivity contribution in [3.05, 3.63) is 69.8 Å². The molecule has 1 atom stereocenters. The van der Waals surface area contributed by atoms with Gasteiger partial charge in [-0.05, 0) is 23.6 Å². The maximum absolute atomic E-state index is 12.6. The molecular weight excluding hydrogens is 312 g/mol. The maximum atomic E-state index is 12.6. The van der Waals surface area contributed by atoms with E-state index in [9.17, 15) is 24.8 Å². The zero-order valence-corrected chi connectivity index (χ0v) is 12.6. The minimum atomic E-state index is -1.23. The van der Waals surface area contributed by atoms with Gasteiger partial charge in [0.15, 0.2) is 0 Å². The van der Waals surface area contributed by atoms with Crippen LogP contribution in [0.1, 0.15) is 11.1 Å². The van der Waals surface area contributed by atoms with Crippen LogP contribution >= 0.6 is 0 Å². The number of nitrogens with zero attached hydrogens (tertiary/aromatic N) is 2. The summed E-state index contributed by atoms with van der Waals surface area (Å²) in [5.41, 5.74) is 1.74. The summed E-state index contributed by atoms with van der Waals surface area (Å²) in [5, 5.41) is 20.3. The highest BCUT2D eigenvalue weighted by Gasteiger charge is 2.38. The van der Waals surface area contributed by atoms with Crippen molar-refractivity contribution in [2.75, 3.05) is 4.90 Å². The third-order valence-corrected chi connectivity index (χ3v) is 4.03. The molecule has 0 radical (unpaired) electrons. The van der Waals surface area contributed by atoms with Gasteiger partial charge in [-0.3, -0.25) is 19.7 Å². The number of carbonyl (C=O) groups is 2. The predicted molar refractivity (Wildman–Crippen MR) is 85.6 cm³/mol. The van der Waals surface area contributed by atoms with E-state index in [1.54, 1.807) is 0 Å². The second kappa shape index (κ2) is 6.11. The Kier molecular flexibility index (Phi) is 3.99. The Morgan fingerprint density at radius 3 is 2.58 bits per heavy atom. The Bertz CT molecular complexity index is 819. The molecule has 24 heavy (non-hydrogen) atoms. The number of aliphatic carboxylic acids is 1. The minimum Gasteiger partial charge on any atom is -0.481 e. The van der Waals surface area contributed by atoms with Crippen LogP contribution in [0.4, 0.5) is 11.4 Å². The summed E-state index contributed by atoms with van der Waals surface area (Å²) >= 11 is 0. The fourth-order valence-electron chi connectivity index (χ4n) is 2.85. The lowest BCUT2D eigenvalue weighted by atomic mass is 9.91. The van der Waals surface area contributed by atoms with Crippen LogP contribution in [0.3, 0.4) is 0 Å². The van der Waals surface area contributed by atoms with Crippen LogP contribution in [0.2, 0.25) is 0 Å². The first-order valence-electron chi connectivity index (χ1n) is 7.33. The van der Waals surface area contributed by atoms with Crippen LogP contribution in [0.25, 0.3) is 0 Å². The lowest BCUT2D eigenvalue weighted by Gasteiger charge is -2.32. The van der Waals surface area contributed by atoms with E-state index in [-0.39, 0.29) is 18.7 Å². The molecule has 1 unspecified atom stereocenters. The van der Waals surface area contributed by atoms with E-state index in [1.807, 2.05) is 30.3 Å². The van der Waals surface area contributed by atoms with Crippen LogP contribution in [-0.4, -0.2) is 21.9 Å². The standard InChI is InChI=1S/C17H14N2O5/c20-16-14(17(21)22)9-12-8-13(19(23)24)6-7-15(12)18(16)10-11-4-2-1-3-5-11/h1-8,14H,9-10H2,(H,21,22). The number of hydrogen-bond donors (Lipinski definition) is 1. The van der Waals surface area contributed by atoms with E-state index in [1.165, 1.54) is 23.1 Å². The molecule has 7 heteroatoms. The zero-order valence-electron chi connectivity index (χ0n) is 12.6. The molecule has 1 amide bonds. The average Bonchev–Trinajstić information content (AvgIpc) is 2.57. The van der Waals surface area contributed by atoms with E-state index in [2.05, 4.69) is 0 Å². The zero-order chi connectivity index (χ0) is 17.3. The molecule has 1 aliphatic heterocycles. The van der Waals surface area contributed by atoms with Crippen molar-refractivity contribution in [1.29, 1.82) is 0 Å². The molecule has 1 aliphatic rings. The SMILES string of the molecule is O=C(O)C1Cc2cc([N+](=O)[O-])ccc2N(Cc2ccccc2)C1=O. The number of nitro benzene ring substituents is 1. The predicted octanol–water partition coefficient (Wildman–Crippen LogP) is 2.38. The van der Waals surface area contributed by atoms with Crippen molar-refractivity contribution in [1.82, 2.24) is 0 Å². The number of non-ortho nitro benzene ring substituents is 1. The number of carboxylic acids is 1. The van der Waals surface area contributed by atoms with E-state index in [4.69, 9.17) is 0 Å². The molecule has 0 aromatic heterocycles. The summed E-state index contributed by atoms with van der Waals surface area (Å²) < 4.78 is 0.